The predicted molar refractivity (Wildman–Crippen MR) is 105 cm³/mol. The van der Waals surface area contributed by atoms with Gasteiger partial charge in [-0.3, -0.25) is 4.90 Å². The van der Waals surface area contributed by atoms with Crippen LogP contribution in [0.4, 0.5) is 8.78 Å². The summed E-state index contributed by atoms with van der Waals surface area (Å²) in [5, 5.41) is 0. The van der Waals surface area contributed by atoms with Gasteiger partial charge in [0.15, 0.2) is 11.6 Å². The van der Waals surface area contributed by atoms with E-state index in [1.165, 1.54) is 30.7 Å². The second-order valence-electron chi connectivity index (χ2n) is 6.81. The summed E-state index contributed by atoms with van der Waals surface area (Å²) in [5.41, 5.74) is 0.648. The molecule has 2 aromatic carbocycles. The van der Waals surface area contributed by atoms with Crippen LogP contribution in [0.5, 0.6) is 11.5 Å². The van der Waals surface area contributed by atoms with Crippen molar-refractivity contribution in [1.29, 1.82) is 0 Å². The molecule has 1 heterocycles. The van der Waals surface area contributed by atoms with Crippen LogP contribution in [0.15, 0.2) is 41.3 Å². The molecule has 0 radical (unpaired) electrons. The fourth-order valence-corrected chi connectivity index (χ4v) is 5.03. The van der Waals surface area contributed by atoms with Crippen molar-refractivity contribution in [3.05, 3.63) is 53.6 Å². The highest BCUT2D eigenvalue weighted by Crippen LogP contribution is 2.32. The van der Waals surface area contributed by atoms with Gasteiger partial charge in [-0.05, 0) is 36.8 Å². The summed E-state index contributed by atoms with van der Waals surface area (Å²) < 4.78 is 64.8. The SMILES string of the molecule is COc1ccc(OC)c(S(=O)(=O)N2CCN(C(C)c3ccc(F)c(F)c3)CC2)c1. The first-order valence-corrected chi connectivity index (χ1v) is 10.6. The molecule has 3 rings (SSSR count). The van der Waals surface area contributed by atoms with Gasteiger partial charge < -0.3 is 9.47 Å². The van der Waals surface area contributed by atoms with Crippen LogP contribution in [-0.2, 0) is 10.0 Å². The largest absolute Gasteiger partial charge is 0.497 e. The number of sulfonamides is 1. The molecule has 0 saturated carbocycles. The number of halogens is 2. The zero-order valence-electron chi connectivity index (χ0n) is 16.6. The van der Waals surface area contributed by atoms with Crippen LogP contribution in [0.2, 0.25) is 0 Å². The van der Waals surface area contributed by atoms with Crippen molar-refractivity contribution in [2.45, 2.75) is 17.9 Å². The van der Waals surface area contributed by atoms with Gasteiger partial charge >= 0.3 is 0 Å². The Morgan fingerprint density at radius 3 is 2.21 bits per heavy atom. The van der Waals surface area contributed by atoms with Gasteiger partial charge in [-0.25, -0.2) is 17.2 Å². The van der Waals surface area contributed by atoms with E-state index < -0.39 is 21.7 Å². The van der Waals surface area contributed by atoms with Crippen LogP contribution in [0, 0.1) is 11.6 Å². The van der Waals surface area contributed by atoms with E-state index in [1.54, 1.807) is 18.2 Å². The zero-order chi connectivity index (χ0) is 21.2. The number of rotatable bonds is 6. The molecule has 29 heavy (non-hydrogen) atoms. The van der Waals surface area contributed by atoms with Crippen molar-refractivity contribution in [3.8, 4) is 11.5 Å². The molecule has 2 aromatic rings. The smallest absolute Gasteiger partial charge is 0.246 e. The molecule has 0 bridgehead atoms. The van der Waals surface area contributed by atoms with E-state index in [1.807, 2.05) is 11.8 Å². The second kappa shape index (κ2) is 8.64. The molecule has 1 fully saturated rings. The van der Waals surface area contributed by atoms with Gasteiger partial charge in [0, 0.05) is 38.3 Å². The Bertz CT molecular complexity index is 976. The molecule has 158 valence electrons. The molecule has 1 saturated heterocycles. The Morgan fingerprint density at radius 1 is 0.931 bits per heavy atom. The van der Waals surface area contributed by atoms with Crippen LogP contribution in [0.3, 0.4) is 0 Å². The molecule has 9 heteroatoms. The summed E-state index contributed by atoms with van der Waals surface area (Å²) in [6, 6.07) is 8.33. The first kappa shape index (κ1) is 21.5. The van der Waals surface area contributed by atoms with E-state index >= 15 is 0 Å². The number of nitrogens with zero attached hydrogens (tertiary/aromatic N) is 2. The Balaban J connectivity index is 1.75. The molecule has 1 aliphatic heterocycles. The lowest BCUT2D eigenvalue weighted by Crippen LogP contribution is -2.49. The maximum Gasteiger partial charge on any atom is 0.246 e. The lowest BCUT2D eigenvalue weighted by atomic mass is 10.1. The highest BCUT2D eigenvalue weighted by Gasteiger charge is 2.32. The average Bonchev–Trinajstić information content (AvgIpc) is 2.74. The van der Waals surface area contributed by atoms with Crippen LogP contribution in [-0.4, -0.2) is 58.0 Å². The number of piperazine rings is 1. The summed E-state index contributed by atoms with van der Waals surface area (Å²) in [5.74, 6) is -1.09. The molecule has 1 atom stereocenters. The zero-order valence-corrected chi connectivity index (χ0v) is 17.4. The number of hydrogen-bond acceptors (Lipinski definition) is 5. The predicted octanol–water partition coefficient (Wildman–Crippen LogP) is 3.05. The van der Waals surface area contributed by atoms with Crippen molar-refractivity contribution < 1.29 is 26.7 Å². The first-order valence-electron chi connectivity index (χ1n) is 9.19. The van der Waals surface area contributed by atoms with E-state index in [4.69, 9.17) is 9.47 Å². The average molecular weight is 426 g/mol. The van der Waals surface area contributed by atoms with E-state index in [0.717, 1.165) is 6.07 Å². The summed E-state index contributed by atoms with van der Waals surface area (Å²) in [6.07, 6.45) is 0. The minimum absolute atomic E-state index is 0.0569. The second-order valence-corrected chi connectivity index (χ2v) is 8.71. The fraction of sp³-hybridized carbons (Fsp3) is 0.400. The monoisotopic (exact) mass is 426 g/mol. The fourth-order valence-electron chi connectivity index (χ4n) is 3.44. The standard InChI is InChI=1S/C20H24F2N2O4S/c1-14(15-4-6-17(21)18(22)12-15)23-8-10-24(11-9-23)29(25,26)20-13-16(27-2)5-7-19(20)28-3/h4-7,12-14H,8-11H2,1-3H3. The molecular weight excluding hydrogens is 402 g/mol. The Hall–Kier alpha value is -2.23. The lowest BCUT2D eigenvalue weighted by molar-refractivity contribution is 0.145. The highest BCUT2D eigenvalue weighted by atomic mass is 32.2. The molecular formula is C20H24F2N2O4S. The summed E-state index contributed by atoms with van der Waals surface area (Å²) in [7, 11) is -0.884. The normalized spacial score (nSPS) is 17.1. The van der Waals surface area contributed by atoms with Crippen molar-refractivity contribution >= 4 is 10.0 Å². The van der Waals surface area contributed by atoms with Gasteiger partial charge in [0.25, 0.3) is 0 Å². The molecule has 6 nitrogen and oxygen atoms in total. The number of ether oxygens (including phenoxy) is 2. The summed E-state index contributed by atoms with van der Waals surface area (Å²) in [4.78, 5) is 2.10. The van der Waals surface area contributed by atoms with Crippen molar-refractivity contribution in [3.63, 3.8) is 0 Å². The Kier molecular flexibility index (Phi) is 6.40. The minimum atomic E-state index is -3.77. The molecule has 1 aliphatic rings. The number of benzene rings is 2. The molecule has 0 spiro atoms. The molecule has 0 aliphatic carbocycles. The summed E-state index contributed by atoms with van der Waals surface area (Å²) in [6.45, 7) is 3.37. The first-order chi connectivity index (χ1) is 13.8. The third-order valence-electron chi connectivity index (χ3n) is 5.24. The molecule has 1 unspecified atom stereocenters. The van der Waals surface area contributed by atoms with Crippen LogP contribution >= 0.6 is 0 Å². The van der Waals surface area contributed by atoms with E-state index in [-0.39, 0.29) is 29.8 Å². The Morgan fingerprint density at radius 2 is 1.62 bits per heavy atom. The van der Waals surface area contributed by atoms with Gasteiger partial charge in [0.05, 0.1) is 14.2 Å². The third kappa shape index (κ3) is 4.36. The quantitative estimate of drug-likeness (QED) is 0.711. The number of hydrogen-bond donors (Lipinski definition) is 0. The molecule has 0 amide bonds. The van der Waals surface area contributed by atoms with E-state index in [9.17, 15) is 17.2 Å². The molecule has 0 aromatic heterocycles. The third-order valence-corrected chi connectivity index (χ3v) is 7.16. The maximum absolute atomic E-state index is 13.5. The Labute approximate surface area is 169 Å². The number of methoxy groups -OCH3 is 2. The topological polar surface area (TPSA) is 59.1 Å². The van der Waals surface area contributed by atoms with E-state index in [2.05, 4.69) is 0 Å². The highest BCUT2D eigenvalue weighted by molar-refractivity contribution is 7.89. The van der Waals surface area contributed by atoms with Gasteiger partial charge in [-0.1, -0.05) is 6.07 Å². The van der Waals surface area contributed by atoms with Crippen LogP contribution in [0.25, 0.3) is 0 Å². The lowest BCUT2D eigenvalue weighted by Gasteiger charge is -2.37. The van der Waals surface area contributed by atoms with Crippen molar-refractivity contribution in [2.75, 3.05) is 40.4 Å². The minimum Gasteiger partial charge on any atom is -0.497 e. The van der Waals surface area contributed by atoms with Crippen LogP contribution < -0.4 is 9.47 Å². The maximum atomic E-state index is 13.5. The van der Waals surface area contributed by atoms with Gasteiger partial charge in [-0.2, -0.15) is 4.31 Å². The van der Waals surface area contributed by atoms with Crippen LogP contribution in [0.1, 0.15) is 18.5 Å². The van der Waals surface area contributed by atoms with Gasteiger partial charge in [0.1, 0.15) is 16.4 Å². The van der Waals surface area contributed by atoms with E-state index in [0.29, 0.717) is 24.4 Å². The summed E-state index contributed by atoms with van der Waals surface area (Å²) >= 11 is 0. The van der Waals surface area contributed by atoms with Gasteiger partial charge in [-0.15, -0.1) is 0 Å². The molecule has 0 N–H and O–H groups in total. The van der Waals surface area contributed by atoms with Crippen molar-refractivity contribution in [2.24, 2.45) is 0 Å². The van der Waals surface area contributed by atoms with Gasteiger partial charge in [0.2, 0.25) is 10.0 Å². The van der Waals surface area contributed by atoms with Crippen molar-refractivity contribution in [1.82, 2.24) is 9.21 Å².